The largest absolute Gasteiger partial charge is 0.495 e. The van der Waals surface area contributed by atoms with Crippen LogP contribution in [0.5, 0.6) is 5.75 Å². The van der Waals surface area contributed by atoms with E-state index >= 15 is 0 Å². The molecule has 2 aromatic carbocycles. The minimum Gasteiger partial charge on any atom is -0.495 e. The van der Waals surface area contributed by atoms with Gasteiger partial charge in [0.05, 0.1) is 20.3 Å². The van der Waals surface area contributed by atoms with Crippen molar-refractivity contribution in [2.75, 3.05) is 19.5 Å². The average molecular weight is 483 g/mol. The smallest absolute Gasteiger partial charge is 0.348 e. The van der Waals surface area contributed by atoms with E-state index < -0.39 is 27.9 Å². The van der Waals surface area contributed by atoms with Crippen molar-refractivity contribution in [2.45, 2.75) is 17.9 Å². The zero-order valence-electron chi connectivity index (χ0n) is 16.8. The van der Waals surface area contributed by atoms with Crippen LogP contribution < -0.4 is 14.8 Å². The lowest BCUT2D eigenvalue weighted by Crippen LogP contribution is -2.41. The highest BCUT2D eigenvalue weighted by Gasteiger charge is 2.25. The lowest BCUT2D eigenvalue weighted by Gasteiger charge is -2.16. The third kappa shape index (κ3) is 5.16. The van der Waals surface area contributed by atoms with Crippen LogP contribution in [0, 0.1) is 0 Å². The van der Waals surface area contributed by atoms with Gasteiger partial charge >= 0.3 is 5.97 Å². The summed E-state index contributed by atoms with van der Waals surface area (Å²) in [6.45, 7) is 1.42. The number of ether oxygens (including phenoxy) is 2. The highest BCUT2D eigenvalue weighted by atomic mass is 35.5. The zero-order valence-corrected chi connectivity index (χ0v) is 19.2. The van der Waals surface area contributed by atoms with Crippen LogP contribution in [0.1, 0.15) is 16.6 Å². The van der Waals surface area contributed by atoms with Crippen LogP contribution in [0.2, 0.25) is 5.02 Å². The van der Waals surface area contributed by atoms with E-state index in [1.165, 1.54) is 50.7 Å². The maximum atomic E-state index is 12.7. The van der Waals surface area contributed by atoms with E-state index in [2.05, 4.69) is 10.0 Å². The zero-order chi connectivity index (χ0) is 22.8. The van der Waals surface area contributed by atoms with Gasteiger partial charge in [-0.3, -0.25) is 4.79 Å². The molecule has 1 aromatic heterocycles. The Bertz CT molecular complexity index is 1260. The van der Waals surface area contributed by atoms with Gasteiger partial charge in [0.2, 0.25) is 15.9 Å². The van der Waals surface area contributed by atoms with Gasteiger partial charge in [-0.1, -0.05) is 11.6 Å². The molecule has 0 aliphatic rings. The standard InChI is InChI=1S/C20H19ClN2O6S2/c1-11(23-31(26,27)18-10-13(21)4-6-15(18)28-2)19(24)22-14-5-7-16-12(8-14)9-17(30-16)20(25)29-3/h4-11,23H,1-3H3,(H,22,24)/t11-/m0/s1. The van der Waals surface area contributed by atoms with E-state index in [1.54, 1.807) is 24.3 Å². The highest BCUT2D eigenvalue weighted by Crippen LogP contribution is 2.29. The maximum absolute atomic E-state index is 12.7. The van der Waals surface area contributed by atoms with Crippen LogP contribution in [0.25, 0.3) is 10.1 Å². The van der Waals surface area contributed by atoms with E-state index in [0.717, 1.165) is 10.1 Å². The minimum absolute atomic E-state index is 0.105. The van der Waals surface area contributed by atoms with Crippen molar-refractivity contribution in [2.24, 2.45) is 0 Å². The number of hydrogen-bond acceptors (Lipinski definition) is 7. The first-order valence-corrected chi connectivity index (χ1v) is 11.6. The molecule has 0 unspecified atom stereocenters. The summed E-state index contributed by atoms with van der Waals surface area (Å²) in [5, 5.41) is 3.63. The number of anilines is 1. The number of esters is 1. The lowest BCUT2D eigenvalue weighted by atomic mass is 10.2. The molecule has 0 spiro atoms. The molecule has 31 heavy (non-hydrogen) atoms. The lowest BCUT2D eigenvalue weighted by molar-refractivity contribution is -0.117. The van der Waals surface area contributed by atoms with Crippen molar-refractivity contribution >= 4 is 60.6 Å². The topological polar surface area (TPSA) is 111 Å². The number of amides is 1. The number of nitrogens with one attached hydrogen (secondary N) is 2. The van der Waals surface area contributed by atoms with Crippen LogP contribution >= 0.6 is 22.9 Å². The number of carbonyl (C=O) groups is 2. The number of fused-ring (bicyclic) bond motifs is 1. The summed E-state index contributed by atoms with van der Waals surface area (Å²) >= 11 is 7.18. The Balaban J connectivity index is 1.76. The summed E-state index contributed by atoms with van der Waals surface area (Å²) in [6.07, 6.45) is 0. The number of sulfonamides is 1. The van der Waals surface area contributed by atoms with Gasteiger partial charge in [0.15, 0.2) is 0 Å². The summed E-state index contributed by atoms with van der Waals surface area (Å²) in [4.78, 5) is 24.5. The molecule has 3 aromatic rings. The van der Waals surface area contributed by atoms with Gasteiger partial charge in [-0.25, -0.2) is 13.2 Å². The Labute approximate surface area is 188 Å². The maximum Gasteiger partial charge on any atom is 0.348 e. The molecule has 0 radical (unpaired) electrons. The number of hydrogen-bond donors (Lipinski definition) is 2. The summed E-state index contributed by atoms with van der Waals surface area (Å²) in [5.74, 6) is -0.896. The second kappa shape index (κ2) is 9.23. The van der Waals surface area contributed by atoms with Gasteiger partial charge in [-0.2, -0.15) is 4.72 Å². The Morgan fingerprint density at radius 2 is 1.84 bits per heavy atom. The number of thiophene rings is 1. The number of methoxy groups -OCH3 is 2. The fraction of sp³-hybridized carbons (Fsp3) is 0.200. The number of benzene rings is 2. The number of carbonyl (C=O) groups excluding carboxylic acids is 2. The van der Waals surface area contributed by atoms with Crippen LogP contribution in [0.4, 0.5) is 5.69 Å². The first kappa shape index (κ1) is 23.0. The first-order valence-electron chi connectivity index (χ1n) is 8.93. The molecule has 3 rings (SSSR count). The van der Waals surface area contributed by atoms with Crippen LogP contribution in [-0.2, 0) is 19.6 Å². The van der Waals surface area contributed by atoms with Crippen molar-refractivity contribution in [3.8, 4) is 5.75 Å². The van der Waals surface area contributed by atoms with Crippen LogP contribution in [0.3, 0.4) is 0 Å². The predicted molar refractivity (Wildman–Crippen MR) is 120 cm³/mol. The van der Waals surface area contributed by atoms with Crippen LogP contribution in [0.15, 0.2) is 47.4 Å². The van der Waals surface area contributed by atoms with Gasteiger partial charge in [0.1, 0.15) is 15.5 Å². The summed E-state index contributed by atoms with van der Waals surface area (Å²) in [7, 11) is -1.43. The second-order valence-electron chi connectivity index (χ2n) is 6.48. The number of halogens is 1. The van der Waals surface area contributed by atoms with Crippen molar-refractivity contribution in [1.29, 1.82) is 0 Å². The predicted octanol–water partition coefficient (Wildman–Crippen LogP) is 3.66. The van der Waals surface area contributed by atoms with E-state index in [4.69, 9.17) is 21.1 Å². The molecule has 0 bridgehead atoms. The van der Waals surface area contributed by atoms with E-state index in [-0.39, 0.29) is 15.7 Å². The minimum atomic E-state index is -4.08. The highest BCUT2D eigenvalue weighted by molar-refractivity contribution is 7.89. The SMILES string of the molecule is COC(=O)c1cc2cc(NC(=O)[C@H](C)NS(=O)(=O)c3cc(Cl)ccc3OC)ccc2s1. The van der Waals surface area contributed by atoms with Crippen molar-refractivity contribution in [3.05, 3.63) is 52.4 Å². The molecule has 164 valence electrons. The molecule has 2 N–H and O–H groups in total. The Kier molecular flexibility index (Phi) is 6.85. The van der Waals surface area contributed by atoms with Crippen LogP contribution in [-0.4, -0.2) is 40.6 Å². The third-order valence-corrected chi connectivity index (χ3v) is 7.20. The summed E-state index contributed by atoms with van der Waals surface area (Å²) in [5.41, 5.74) is 0.457. The molecule has 0 fully saturated rings. The van der Waals surface area contributed by atoms with Gasteiger partial charge in [-0.05, 0) is 54.8 Å². The van der Waals surface area contributed by atoms with Gasteiger partial charge in [0.25, 0.3) is 0 Å². The second-order valence-corrected chi connectivity index (χ2v) is 9.68. The number of rotatable bonds is 7. The normalized spacial score (nSPS) is 12.4. The van der Waals surface area contributed by atoms with Crippen molar-refractivity contribution < 1.29 is 27.5 Å². The third-order valence-electron chi connectivity index (χ3n) is 4.31. The molecule has 0 aliphatic carbocycles. The Morgan fingerprint density at radius 3 is 2.52 bits per heavy atom. The molecule has 8 nitrogen and oxygen atoms in total. The van der Waals surface area contributed by atoms with Gasteiger partial charge in [0, 0.05) is 15.4 Å². The van der Waals surface area contributed by atoms with E-state index in [1.807, 2.05) is 0 Å². The first-order chi connectivity index (χ1) is 14.6. The fourth-order valence-electron chi connectivity index (χ4n) is 2.78. The van der Waals surface area contributed by atoms with Gasteiger partial charge in [-0.15, -0.1) is 11.3 Å². The van der Waals surface area contributed by atoms with Gasteiger partial charge < -0.3 is 14.8 Å². The molecule has 11 heteroatoms. The summed E-state index contributed by atoms with van der Waals surface area (Å²) < 4.78 is 38.4. The molecular weight excluding hydrogens is 464 g/mol. The van der Waals surface area contributed by atoms with Crippen molar-refractivity contribution in [1.82, 2.24) is 4.72 Å². The van der Waals surface area contributed by atoms with E-state index in [9.17, 15) is 18.0 Å². The molecule has 0 aliphatic heterocycles. The molecule has 1 atom stereocenters. The molecule has 0 saturated carbocycles. The Morgan fingerprint density at radius 1 is 1.10 bits per heavy atom. The monoisotopic (exact) mass is 482 g/mol. The molecule has 1 amide bonds. The summed E-state index contributed by atoms with van der Waals surface area (Å²) in [6, 6.07) is 9.87. The molecule has 0 saturated heterocycles. The Hall–Kier alpha value is -2.66. The molecule has 1 heterocycles. The fourth-order valence-corrected chi connectivity index (χ4v) is 5.38. The molecular formula is C20H19ClN2O6S2. The average Bonchev–Trinajstić information content (AvgIpc) is 3.16. The quantitative estimate of drug-likeness (QED) is 0.497. The van der Waals surface area contributed by atoms with Crippen molar-refractivity contribution in [3.63, 3.8) is 0 Å². The van der Waals surface area contributed by atoms with E-state index in [0.29, 0.717) is 10.6 Å².